The molecule has 0 unspecified atom stereocenters. The number of aryl methyl sites for hydroxylation is 1. The summed E-state index contributed by atoms with van der Waals surface area (Å²) in [6, 6.07) is 9.74. The number of carbonyl (C=O) groups is 1. The molecule has 1 aliphatic heterocycles. The normalized spacial score (nSPS) is 16.7. The maximum atomic E-state index is 12.6. The Kier molecular flexibility index (Phi) is 3.79. The minimum absolute atomic E-state index is 0.00186. The Morgan fingerprint density at radius 1 is 1.24 bits per heavy atom. The molecule has 0 bridgehead atoms. The summed E-state index contributed by atoms with van der Waals surface area (Å²) in [7, 11) is 0. The zero-order chi connectivity index (χ0) is 17.4. The molecule has 3 heterocycles. The maximum Gasteiger partial charge on any atom is 0.230 e. The van der Waals surface area contributed by atoms with Gasteiger partial charge in [-0.05, 0) is 13.8 Å². The van der Waals surface area contributed by atoms with Gasteiger partial charge < -0.3 is 4.90 Å². The molecule has 0 aliphatic carbocycles. The van der Waals surface area contributed by atoms with Gasteiger partial charge in [-0.2, -0.15) is 10.2 Å². The van der Waals surface area contributed by atoms with Crippen LogP contribution in [0.2, 0.25) is 0 Å². The largest absolute Gasteiger partial charge is 0.330 e. The van der Waals surface area contributed by atoms with E-state index in [4.69, 9.17) is 0 Å². The Bertz CT molecular complexity index is 899. The minimum atomic E-state index is -0.133. The number of amides is 1. The van der Waals surface area contributed by atoms with Crippen LogP contribution in [-0.2, 0) is 17.8 Å². The molecule has 0 spiro atoms. The molecule has 0 saturated carbocycles. The molecular formula is C17H19N7O. The maximum absolute atomic E-state index is 12.6. The first kappa shape index (κ1) is 15.5. The van der Waals surface area contributed by atoms with Crippen molar-refractivity contribution < 1.29 is 4.79 Å². The highest BCUT2D eigenvalue weighted by atomic mass is 16.2. The van der Waals surface area contributed by atoms with Crippen molar-refractivity contribution in [2.75, 3.05) is 6.54 Å². The summed E-state index contributed by atoms with van der Waals surface area (Å²) in [4.78, 5) is 23.3. The van der Waals surface area contributed by atoms with Crippen LogP contribution in [0.4, 0.5) is 0 Å². The average molecular weight is 337 g/mol. The second-order valence-corrected chi connectivity index (χ2v) is 6.16. The van der Waals surface area contributed by atoms with Crippen LogP contribution >= 0.6 is 0 Å². The van der Waals surface area contributed by atoms with Gasteiger partial charge in [-0.15, -0.1) is 0 Å². The van der Waals surface area contributed by atoms with Crippen LogP contribution in [-0.4, -0.2) is 47.3 Å². The molecule has 1 N–H and O–H groups in total. The third kappa shape index (κ3) is 2.90. The monoisotopic (exact) mass is 337 g/mol. The zero-order valence-corrected chi connectivity index (χ0v) is 14.2. The lowest BCUT2D eigenvalue weighted by atomic mass is 10.2. The fourth-order valence-corrected chi connectivity index (χ4v) is 3.12. The quantitative estimate of drug-likeness (QED) is 0.782. The molecule has 0 saturated heterocycles. The molecule has 0 fully saturated rings. The van der Waals surface area contributed by atoms with E-state index < -0.39 is 0 Å². The summed E-state index contributed by atoms with van der Waals surface area (Å²) in [5, 5.41) is 11.4. The minimum Gasteiger partial charge on any atom is -0.330 e. The van der Waals surface area contributed by atoms with E-state index in [1.807, 2.05) is 53.8 Å². The van der Waals surface area contributed by atoms with Gasteiger partial charge in [-0.3, -0.25) is 9.89 Å². The summed E-state index contributed by atoms with van der Waals surface area (Å²) in [6.07, 6.45) is 0.189. The second-order valence-electron chi connectivity index (χ2n) is 6.16. The van der Waals surface area contributed by atoms with Crippen molar-refractivity contribution in [3.05, 3.63) is 47.8 Å². The first-order valence-electron chi connectivity index (χ1n) is 8.29. The van der Waals surface area contributed by atoms with Crippen LogP contribution in [0, 0.1) is 6.92 Å². The third-order valence-corrected chi connectivity index (χ3v) is 4.40. The lowest BCUT2D eigenvalue weighted by molar-refractivity contribution is -0.134. The fraction of sp³-hybridized carbons (Fsp3) is 0.353. The van der Waals surface area contributed by atoms with E-state index >= 15 is 0 Å². The molecule has 2 aromatic heterocycles. The van der Waals surface area contributed by atoms with Crippen LogP contribution in [0.3, 0.4) is 0 Å². The summed E-state index contributed by atoms with van der Waals surface area (Å²) < 4.78 is 1.90. The van der Waals surface area contributed by atoms with E-state index in [1.54, 1.807) is 0 Å². The van der Waals surface area contributed by atoms with Crippen molar-refractivity contribution in [3.8, 4) is 11.4 Å². The molecule has 8 heteroatoms. The summed E-state index contributed by atoms with van der Waals surface area (Å²) >= 11 is 0. The van der Waals surface area contributed by atoms with Crippen molar-refractivity contribution >= 4 is 5.91 Å². The molecule has 1 aromatic carbocycles. The molecule has 1 atom stereocenters. The zero-order valence-electron chi connectivity index (χ0n) is 14.2. The molecule has 25 heavy (non-hydrogen) atoms. The SMILES string of the molecule is Cc1nc(CC(=O)N2CCn3nc(-c4ccccc4)nc3[C@@H]2C)n[nH]1. The van der Waals surface area contributed by atoms with Crippen molar-refractivity contribution in [2.24, 2.45) is 0 Å². The van der Waals surface area contributed by atoms with Crippen molar-refractivity contribution in [1.29, 1.82) is 0 Å². The number of fused-ring (bicyclic) bond motifs is 1. The highest BCUT2D eigenvalue weighted by molar-refractivity contribution is 5.78. The summed E-state index contributed by atoms with van der Waals surface area (Å²) in [5.41, 5.74) is 0.977. The summed E-state index contributed by atoms with van der Waals surface area (Å²) in [5.74, 6) is 2.74. The topological polar surface area (TPSA) is 92.6 Å². The standard InChI is InChI=1S/C17H19N7O/c1-11-17-19-16(13-6-4-3-5-7-13)22-24(17)9-8-23(11)15(25)10-14-18-12(2)20-21-14/h3-7,11H,8-10H2,1-2H3,(H,18,20,21)/t11-/m0/s1. The van der Waals surface area contributed by atoms with E-state index in [9.17, 15) is 4.79 Å². The van der Waals surface area contributed by atoms with E-state index in [0.717, 1.165) is 11.4 Å². The van der Waals surface area contributed by atoms with Crippen LogP contribution in [0.1, 0.15) is 30.4 Å². The van der Waals surface area contributed by atoms with Gasteiger partial charge in [0.05, 0.1) is 19.0 Å². The molecular weight excluding hydrogens is 318 g/mol. The molecule has 1 amide bonds. The lowest BCUT2D eigenvalue weighted by Gasteiger charge is -2.32. The van der Waals surface area contributed by atoms with Crippen LogP contribution in [0.25, 0.3) is 11.4 Å². The Morgan fingerprint density at radius 2 is 2.04 bits per heavy atom. The number of nitrogens with zero attached hydrogens (tertiary/aromatic N) is 6. The van der Waals surface area contributed by atoms with Crippen molar-refractivity contribution in [2.45, 2.75) is 32.9 Å². The first-order valence-corrected chi connectivity index (χ1v) is 8.29. The van der Waals surface area contributed by atoms with Crippen molar-refractivity contribution in [3.63, 3.8) is 0 Å². The molecule has 4 rings (SSSR count). The van der Waals surface area contributed by atoms with E-state index in [0.29, 0.717) is 30.6 Å². The molecule has 3 aromatic rings. The average Bonchev–Trinajstić information content (AvgIpc) is 3.22. The lowest BCUT2D eigenvalue weighted by Crippen LogP contribution is -2.42. The van der Waals surface area contributed by atoms with Gasteiger partial charge in [0.1, 0.15) is 11.6 Å². The van der Waals surface area contributed by atoms with Crippen molar-refractivity contribution in [1.82, 2.24) is 34.8 Å². The predicted molar refractivity (Wildman–Crippen MR) is 90.4 cm³/mol. The van der Waals surface area contributed by atoms with Gasteiger partial charge in [-0.1, -0.05) is 30.3 Å². The predicted octanol–water partition coefficient (Wildman–Crippen LogP) is 1.52. The van der Waals surface area contributed by atoms with Gasteiger partial charge >= 0.3 is 0 Å². The number of hydrogen-bond donors (Lipinski definition) is 1. The number of rotatable bonds is 3. The van der Waals surface area contributed by atoms with Gasteiger partial charge in [0.2, 0.25) is 5.91 Å². The molecule has 0 radical (unpaired) electrons. The molecule has 1 aliphatic rings. The first-order chi connectivity index (χ1) is 12.1. The van der Waals surface area contributed by atoms with Gasteiger partial charge in [-0.25, -0.2) is 14.6 Å². The Labute approximate surface area is 144 Å². The highest BCUT2D eigenvalue weighted by Gasteiger charge is 2.31. The Morgan fingerprint density at radius 3 is 2.76 bits per heavy atom. The Balaban J connectivity index is 1.55. The number of H-pyrrole nitrogens is 1. The number of nitrogens with one attached hydrogen (secondary N) is 1. The summed E-state index contributed by atoms with van der Waals surface area (Å²) in [6.45, 7) is 5.04. The Hall–Kier alpha value is -3.03. The van der Waals surface area contributed by atoms with E-state index in [2.05, 4.69) is 25.3 Å². The smallest absolute Gasteiger partial charge is 0.230 e. The third-order valence-electron chi connectivity index (χ3n) is 4.40. The molecule has 128 valence electrons. The van der Waals surface area contributed by atoms with Crippen LogP contribution < -0.4 is 0 Å². The van der Waals surface area contributed by atoms with Crippen LogP contribution in [0.15, 0.2) is 30.3 Å². The fourth-order valence-electron chi connectivity index (χ4n) is 3.12. The van der Waals surface area contributed by atoms with E-state index in [-0.39, 0.29) is 18.4 Å². The number of hydrogen-bond acceptors (Lipinski definition) is 5. The number of aromatic amines is 1. The van der Waals surface area contributed by atoms with Gasteiger partial charge in [0, 0.05) is 12.1 Å². The number of carbonyl (C=O) groups excluding carboxylic acids is 1. The van der Waals surface area contributed by atoms with Crippen LogP contribution in [0.5, 0.6) is 0 Å². The number of benzene rings is 1. The second kappa shape index (κ2) is 6.12. The van der Waals surface area contributed by atoms with E-state index in [1.165, 1.54) is 0 Å². The molecule has 8 nitrogen and oxygen atoms in total. The number of aromatic nitrogens is 6. The van der Waals surface area contributed by atoms with Gasteiger partial charge in [0.25, 0.3) is 0 Å². The van der Waals surface area contributed by atoms with Gasteiger partial charge in [0.15, 0.2) is 11.6 Å². The highest BCUT2D eigenvalue weighted by Crippen LogP contribution is 2.26.